The molecule has 5 nitrogen and oxygen atoms in total. The predicted octanol–water partition coefficient (Wildman–Crippen LogP) is 3.16. The molecule has 1 atom stereocenters. The maximum Gasteiger partial charge on any atom is 0.320 e. The number of hydrogen-bond acceptors (Lipinski definition) is 5. The molecule has 0 aliphatic carbocycles. The minimum atomic E-state index is 0.0366. The molecule has 2 N–H and O–H groups in total. The summed E-state index contributed by atoms with van der Waals surface area (Å²) in [6.07, 6.45) is 0. The summed E-state index contributed by atoms with van der Waals surface area (Å²) in [5.74, 6) is 0.559. The summed E-state index contributed by atoms with van der Waals surface area (Å²) in [7, 11) is 1.85. The first-order valence-corrected chi connectivity index (χ1v) is 6.43. The van der Waals surface area contributed by atoms with Crippen molar-refractivity contribution < 1.29 is 4.42 Å². The molecule has 0 spiro atoms. The number of halogens is 1. The normalized spacial score (nSPS) is 12.4. The van der Waals surface area contributed by atoms with Crippen LogP contribution in [0.2, 0.25) is 0 Å². The summed E-state index contributed by atoms with van der Waals surface area (Å²) in [5, 5.41) is 14.1. The van der Waals surface area contributed by atoms with Gasteiger partial charge in [0.1, 0.15) is 0 Å². The van der Waals surface area contributed by atoms with Crippen molar-refractivity contribution in [3.05, 3.63) is 34.1 Å². The number of anilines is 2. The largest absolute Gasteiger partial charge is 0.406 e. The number of aromatic nitrogens is 2. The lowest BCUT2D eigenvalue weighted by Gasteiger charge is -2.05. The summed E-state index contributed by atoms with van der Waals surface area (Å²) in [4.78, 5) is 0. The highest BCUT2D eigenvalue weighted by atomic mass is 79.9. The van der Waals surface area contributed by atoms with Gasteiger partial charge in [0.2, 0.25) is 5.89 Å². The predicted molar refractivity (Wildman–Crippen MR) is 73.9 cm³/mol. The van der Waals surface area contributed by atoms with Crippen molar-refractivity contribution in [2.75, 3.05) is 12.4 Å². The van der Waals surface area contributed by atoms with E-state index >= 15 is 0 Å². The third-order valence-corrected chi connectivity index (χ3v) is 3.27. The standard InChI is InChI=1S/C12H15BrN4O/c1-7-4-5-10(9(13)6-7)15-12-17-16-11(18-12)8(2)14-3/h4-6,8,14H,1-3H3,(H,15,17). The van der Waals surface area contributed by atoms with Crippen molar-refractivity contribution in [1.29, 1.82) is 0 Å². The lowest BCUT2D eigenvalue weighted by atomic mass is 10.2. The molecule has 0 saturated carbocycles. The van der Waals surface area contributed by atoms with E-state index in [0.717, 1.165) is 10.2 Å². The van der Waals surface area contributed by atoms with Gasteiger partial charge in [0.25, 0.3) is 0 Å². The van der Waals surface area contributed by atoms with Gasteiger partial charge in [-0.1, -0.05) is 11.2 Å². The van der Waals surface area contributed by atoms with Gasteiger partial charge in [-0.2, -0.15) is 0 Å². The Bertz CT molecular complexity index is 541. The Morgan fingerprint density at radius 2 is 2.11 bits per heavy atom. The Kier molecular flexibility index (Phi) is 3.98. The first kappa shape index (κ1) is 13.0. The summed E-state index contributed by atoms with van der Waals surface area (Å²) < 4.78 is 6.47. The molecule has 1 unspecified atom stereocenters. The van der Waals surface area contributed by atoms with Gasteiger partial charge in [0, 0.05) is 4.47 Å². The van der Waals surface area contributed by atoms with Gasteiger partial charge in [-0.3, -0.25) is 0 Å². The van der Waals surface area contributed by atoms with Crippen LogP contribution in [0.25, 0.3) is 0 Å². The molecule has 0 radical (unpaired) electrons. The molecule has 1 aromatic carbocycles. The summed E-state index contributed by atoms with van der Waals surface area (Å²) >= 11 is 3.49. The van der Waals surface area contributed by atoms with Gasteiger partial charge in [-0.15, -0.1) is 5.10 Å². The van der Waals surface area contributed by atoms with Crippen molar-refractivity contribution in [2.45, 2.75) is 19.9 Å². The Balaban J connectivity index is 2.16. The maximum atomic E-state index is 5.51. The maximum absolute atomic E-state index is 5.51. The van der Waals surface area contributed by atoms with Crippen molar-refractivity contribution in [2.24, 2.45) is 0 Å². The van der Waals surface area contributed by atoms with Gasteiger partial charge < -0.3 is 15.1 Å². The van der Waals surface area contributed by atoms with E-state index in [1.54, 1.807) is 0 Å². The van der Waals surface area contributed by atoms with E-state index in [1.807, 2.05) is 39.1 Å². The van der Waals surface area contributed by atoms with E-state index in [2.05, 4.69) is 36.8 Å². The van der Waals surface area contributed by atoms with Crippen LogP contribution >= 0.6 is 15.9 Å². The fraction of sp³-hybridized carbons (Fsp3) is 0.333. The first-order valence-electron chi connectivity index (χ1n) is 5.64. The molecule has 0 bridgehead atoms. The second-order valence-electron chi connectivity index (χ2n) is 4.06. The molecule has 1 heterocycles. The van der Waals surface area contributed by atoms with Gasteiger partial charge >= 0.3 is 6.01 Å². The van der Waals surface area contributed by atoms with Gasteiger partial charge in [0.15, 0.2) is 0 Å². The Hall–Kier alpha value is -1.40. The Labute approximate surface area is 114 Å². The molecule has 2 aromatic rings. The van der Waals surface area contributed by atoms with Crippen molar-refractivity contribution in [1.82, 2.24) is 15.5 Å². The lowest BCUT2D eigenvalue weighted by Crippen LogP contribution is -2.12. The Morgan fingerprint density at radius 3 is 2.78 bits per heavy atom. The molecule has 0 fully saturated rings. The number of nitrogens with one attached hydrogen (secondary N) is 2. The number of benzene rings is 1. The highest BCUT2D eigenvalue weighted by Gasteiger charge is 2.12. The second kappa shape index (κ2) is 5.49. The number of hydrogen-bond donors (Lipinski definition) is 2. The zero-order valence-corrected chi connectivity index (χ0v) is 12.1. The van der Waals surface area contributed by atoms with E-state index < -0.39 is 0 Å². The van der Waals surface area contributed by atoms with E-state index in [4.69, 9.17) is 4.42 Å². The minimum Gasteiger partial charge on any atom is -0.406 e. The number of nitrogens with zero attached hydrogens (tertiary/aromatic N) is 2. The van der Waals surface area contributed by atoms with E-state index in [-0.39, 0.29) is 6.04 Å². The third kappa shape index (κ3) is 2.88. The van der Waals surface area contributed by atoms with E-state index in [9.17, 15) is 0 Å². The third-order valence-electron chi connectivity index (χ3n) is 2.61. The monoisotopic (exact) mass is 310 g/mol. The minimum absolute atomic E-state index is 0.0366. The Morgan fingerprint density at radius 1 is 1.33 bits per heavy atom. The van der Waals surface area contributed by atoms with Crippen LogP contribution in [0.4, 0.5) is 11.7 Å². The van der Waals surface area contributed by atoms with Crippen LogP contribution in [-0.2, 0) is 0 Å². The average molecular weight is 311 g/mol. The van der Waals surface area contributed by atoms with E-state index in [0.29, 0.717) is 11.9 Å². The lowest BCUT2D eigenvalue weighted by molar-refractivity contribution is 0.443. The molecule has 2 rings (SSSR count). The first-order chi connectivity index (χ1) is 8.60. The van der Waals surface area contributed by atoms with Crippen LogP contribution in [0.3, 0.4) is 0 Å². The van der Waals surface area contributed by atoms with E-state index in [1.165, 1.54) is 5.56 Å². The molecular formula is C12H15BrN4O. The fourth-order valence-electron chi connectivity index (χ4n) is 1.42. The van der Waals surface area contributed by atoms with Gasteiger partial charge in [0.05, 0.1) is 11.7 Å². The zero-order chi connectivity index (χ0) is 13.1. The van der Waals surface area contributed by atoms with Crippen LogP contribution in [0, 0.1) is 6.92 Å². The van der Waals surface area contributed by atoms with Crippen LogP contribution in [0.1, 0.15) is 24.4 Å². The van der Waals surface area contributed by atoms with Gasteiger partial charge in [-0.05, 0) is 54.5 Å². The van der Waals surface area contributed by atoms with Gasteiger partial charge in [-0.25, -0.2) is 0 Å². The SMILES string of the molecule is CNC(C)c1nnc(Nc2ccc(C)cc2Br)o1. The van der Waals surface area contributed by atoms with Crippen molar-refractivity contribution in [3.63, 3.8) is 0 Å². The average Bonchev–Trinajstić information content (AvgIpc) is 2.80. The van der Waals surface area contributed by atoms with Crippen LogP contribution < -0.4 is 10.6 Å². The molecule has 0 aliphatic heterocycles. The van der Waals surface area contributed by atoms with Crippen molar-refractivity contribution >= 4 is 27.6 Å². The molecule has 0 aliphatic rings. The molecule has 18 heavy (non-hydrogen) atoms. The van der Waals surface area contributed by atoms with Crippen LogP contribution in [-0.4, -0.2) is 17.2 Å². The number of aryl methyl sites for hydroxylation is 1. The second-order valence-corrected chi connectivity index (χ2v) is 4.92. The molecule has 96 valence electrons. The summed E-state index contributed by atoms with van der Waals surface area (Å²) in [6.45, 7) is 3.99. The molecule has 0 saturated heterocycles. The smallest absolute Gasteiger partial charge is 0.320 e. The highest BCUT2D eigenvalue weighted by molar-refractivity contribution is 9.10. The van der Waals surface area contributed by atoms with Crippen LogP contribution in [0.5, 0.6) is 0 Å². The molecular weight excluding hydrogens is 296 g/mol. The number of rotatable bonds is 4. The summed E-state index contributed by atoms with van der Waals surface area (Å²) in [5.41, 5.74) is 2.08. The fourth-order valence-corrected chi connectivity index (χ4v) is 2.01. The molecule has 1 aromatic heterocycles. The van der Waals surface area contributed by atoms with Crippen LogP contribution in [0.15, 0.2) is 27.1 Å². The van der Waals surface area contributed by atoms with Crippen molar-refractivity contribution in [3.8, 4) is 0 Å². The quantitative estimate of drug-likeness (QED) is 0.908. The highest BCUT2D eigenvalue weighted by Crippen LogP contribution is 2.26. The zero-order valence-electron chi connectivity index (χ0n) is 10.5. The summed E-state index contributed by atoms with van der Waals surface area (Å²) in [6, 6.07) is 6.42. The molecule has 6 heteroatoms. The molecule has 0 amide bonds. The topological polar surface area (TPSA) is 63.0 Å².